The maximum Gasteiger partial charge on any atom is 0.348 e. The molecule has 12 nitrogen and oxygen atoms in total. The van der Waals surface area contributed by atoms with Gasteiger partial charge in [-0.05, 0) is 25.7 Å². The first-order valence-electron chi connectivity index (χ1n) is 16.0. The van der Waals surface area contributed by atoms with Gasteiger partial charge in [0.15, 0.2) is 23.0 Å². The summed E-state index contributed by atoms with van der Waals surface area (Å²) >= 11 is 0. The first kappa shape index (κ1) is 34.3. The SMILES string of the molecule is COc1c(OC)c(C(C)C)c2c(OC(C)=O)c(C)c(-c3c(C)c(OC(C)=O)c4c(C(C)C)c(OC)c(OC)c5c4c3OC5=O)c3c2c1C(=O)O3. The van der Waals surface area contributed by atoms with Crippen LogP contribution in [0.1, 0.15) is 96.3 Å². The van der Waals surface area contributed by atoms with Crippen LogP contribution >= 0.6 is 0 Å². The van der Waals surface area contributed by atoms with Crippen molar-refractivity contribution < 1.29 is 57.1 Å². The Morgan fingerprint density at radius 2 is 0.820 bits per heavy atom. The van der Waals surface area contributed by atoms with Gasteiger partial charge in [-0.1, -0.05) is 27.7 Å². The Labute approximate surface area is 288 Å². The zero-order chi connectivity index (χ0) is 36.7. The summed E-state index contributed by atoms with van der Waals surface area (Å²) in [6, 6.07) is 0. The minimum Gasteiger partial charge on any atom is -0.493 e. The lowest BCUT2D eigenvalue weighted by Gasteiger charge is -2.25. The highest BCUT2D eigenvalue weighted by atomic mass is 16.6. The van der Waals surface area contributed by atoms with Crippen molar-refractivity contribution in [3.8, 4) is 57.1 Å². The molecule has 2 aliphatic heterocycles. The molecule has 0 aliphatic carbocycles. The second kappa shape index (κ2) is 12.1. The summed E-state index contributed by atoms with van der Waals surface area (Å²) in [7, 11) is 5.78. The normalized spacial score (nSPS) is 12.9. The van der Waals surface area contributed by atoms with Crippen molar-refractivity contribution >= 4 is 45.4 Å². The van der Waals surface area contributed by atoms with Crippen LogP contribution in [0.25, 0.3) is 32.7 Å². The summed E-state index contributed by atoms with van der Waals surface area (Å²) in [4.78, 5) is 53.2. The van der Waals surface area contributed by atoms with E-state index in [4.69, 9.17) is 37.9 Å². The quantitative estimate of drug-likeness (QED) is 0.127. The highest BCUT2D eigenvalue weighted by molar-refractivity contribution is 6.25. The number of benzene rings is 4. The Morgan fingerprint density at radius 3 is 1.08 bits per heavy atom. The minimum absolute atomic E-state index is 0.0784. The van der Waals surface area contributed by atoms with Gasteiger partial charge in [0, 0.05) is 68.8 Å². The molecule has 0 N–H and O–H groups in total. The molecule has 0 saturated heterocycles. The molecule has 0 amide bonds. The van der Waals surface area contributed by atoms with Crippen LogP contribution < -0.4 is 37.9 Å². The van der Waals surface area contributed by atoms with Crippen molar-refractivity contribution in [1.82, 2.24) is 0 Å². The zero-order valence-corrected chi connectivity index (χ0v) is 30.1. The predicted molar refractivity (Wildman–Crippen MR) is 183 cm³/mol. The van der Waals surface area contributed by atoms with Gasteiger partial charge in [0.2, 0.25) is 0 Å². The average molecular weight is 687 g/mol. The van der Waals surface area contributed by atoms with Crippen LogP contribution in [0.3, 0.4) is 0 Å². The molecule has 0 fully saturated rings. The van der Waals surface area contributed by atoms with Crippen LogP contribution in [0.4, 0.5) is 0 Å². The van der Waals surface area contributed by atoms with Crippen LogP contribution in [0.5, 0.6) is 46.0 Å². The summed E-state index contributed by atoms with van der Waals surface area (Å²) < 4.78 is 47.3. The van der Waals surface area contributed by atoms with E-state index in [0.717, 1.165) is 0 Å². The molecule has 0 saturated carbocycles. The van der Waals surface area contributed by atoms with E-state index in [1.165, 1.54) is 42.3 Å². The van der Waals surface area contributed by atoms with Crippen LogP contribution in [-0.4, -0.2) is 52.3 Å². The van der Waals surface area contributed by atoms with Crippen molar-refractivity contribution in [3.63, 3.8) is 0 Å². The van der Waals surface area contributed by atoms with E-state index >= 15 is 0 Å². The van der Waals surface area contributed by atoms with E-state index in [9.17, 15) is 19.2 Å². The molecule has 12 heteroatoms. The molecule has 2 heterocycles. The highest BCUT2D eigenvalue weighted by Crippen LogP contribution is 2.62. The van der Waals surface area contributed by atoms with Gasteiger partial charge >= 0.3 is 23.9 Å². The van der Waals surface area contributed by atoms with Gasteiger partial charge in [0.05, 0.1) is 28.4 Å². The van der Waals surface area contributed by atoms with Crippen LogP contribution in [0, 0.1) is 13.8 Å². The summed E-state index contributed by atoms with van der Waals surface area (Å²) in [5.41, 5.74) is 2.75. The van der Waals surface area contributed by atoms with E-state index in [0.29, 0.717) is 55.3 Å². The van der Waals surface area contributed by atoms with Crippen LogP contribution in [0.15, 0.2) is 0 Å². The van der Waals surface area contributed by atoms with Crippen LogP contribution in [-0.2, 0) is 9.59 Å². The number of carbonyl (C=O) groups excluding carboxylic acids is 4. The maximum absolute atomic E-state index is 13.9. The number of ether oxygens (including phenoxy) is 8. The molecule has 50 heavy (non-hydrogen) atoms. The molecule has 4 aromatic rings. The van der Waals surface area contributed by atoms with Gasteiger partial charge in [0.1, 0.15) is 34.1 Å². The average Bonchev–Trinajstić information content (AvgIpc) is 3.57. The first-order chi connectivity index (χ1) is 23.7. The minimum atomic E-state index is -0.725. The molecular formula is C38H38O12. The van der Waals surface area contributed by atoms with Crippen molar-refractivity contribution in [2.45, 2.75) is 67.2 Å². The standard InChI is InChI=1S/C38H38O12/c1-13(2)19-23-25-27(35(45-11)33(19)43-9)37(41)49-31(25)21(15(5)29(23)47-17(7)39)22-16(6)30(48-18(8)40)24-20(14(3)4)34(44-10)36(46-12)28-26(24)32(22)50-38(28)42/h13-14H,1-12H3. The zero-order valence-electron chi connectivity index (χ0n) is 30.1. The second-order valence-electron chi connectivity index (χ2n) is 12.8. The van der Waals surface area contributed by atoms with Crippen molar-refractivity contribution in [1.29, 1.82) is 0 Å². The lowest BCUT2D eigenvalue weighted by molar-refractivity contribution is -0.132. The molecule has 0 aromatic heterocycles. The van der Waals surface area contributed by atoms with Gasteiger partial charge in [-0.2, -0.15) is 0 Å². The smallest absolute Gasteiger partial charge is 0.348 e. The van der Waals surface area contributed by atoms with Gasteiger partial charge in [-0.25, -0.2) is 9.59 Å². The van der Waals surface area contributed by atoms with E-state index in [2.05, 4.69) is 0 Å². The van der Waals surface area contributed by atoms with Crippen molar-refractivity contribution in [3.05, 3.63) is 33.4 Å². The van der Waals surface area contributed by atoms with Gasteiger partial charge < -0.3 is 37.9 Å². The Kier molecular flexibility index (Phi) is 8.32. The number of methoxy groups -OCH3 is 4. The molecule has 0 spiro atoms. The van der Waals surface area contributed by atoms with E-state index in [1.54, 1.807) is 13.8 Å². The van der Waals surface area contributed by atoms with Crippen molar-refractivity contribution in [2.24, 2.45) is 0 Å². The van der Waals surface area contributed by atoms with Gasteiger partial charge in [0.25, 0.3) is 0 Å². The predicted octanol–water partition coefficient (Wildman–Crippen LogP) is 7.47. The number of hydrogen-bond donors (Lipinski definition) is 0. The fourth-order valence-electron chi connectivity index (χ4n) is 7.49. The summed E-state index contributed by atoms with van der Waals surface area (Å²) in [6.07, 6.45) is 0. The summed E-state index contributed by atoms with van der Waals surface area (Å²) in [6.45, 7) is 13.7. The molecule has 4 aromatic carbocycles. The van der Waals surface area contributed by atoms with E-state index in [-0.39, 0.29) is 68.6 Å². The molecule has 262 valence electrons. The van der Waals surface area contributed by atoms with E-state index < -0.39 is 23.9 Å². The third-order valence-corrected chi connectivity index (χ3v) is 9.20. The molecular weight excluding hydrogens is 648 g/mol. The number of carbonyl (C=O) groups is 4. The first-order valence-corrected chi connectivity index (χ1v) is 16.0. The highest BCUT2D eigenvalue weighted by Gasteiger charge is 2.44. The maximum atomic E-state index is 13.9. The Morgan fingerprint density at radius 1 is 0.500 bits per heavy atom. The topological polar surface area (TPSA) is 142 Å². The lowest BCUT2D eigenvalue weighted by Crippen LogP contribution is -2.09. The van der Waals surface area contributed by atoms with Gasteiger partial charge in [-0.3, -0.25) is 9.59 Å². The molecule has 0 atom stereocenters. The van der Waals surface area contributed by atoms with Crippen molar-refractivity contribution in [2.75, 3.05) is 28.4 Å². The fraction of sp³-hybridized carbons (Fsp3) is 0.368. The Balaban J connectivity index is 1.94. The number of esters is 4. The lowest BCUT2D eigenvalue weighted by atomic mass is 9.83. The number of rotatable bonds is 9. The fourth-order valence-corrected chi connectivity index (χ4v) is 7.49. The molecule has 2 aliphatic rings. The largest absolute Gasteiger partial charge is 0.493 e. The Bertz CT molecular complexity index is 2070. The summed E-state index contributed by atoms with van der Waals surface area (Å²) in [5.74, 6) is -1.62. The monoisotopic (exact) mass is 686 g/mol. The number of hydrogen-bond acceptors (Lipinski definition) is 12. The third-order valence-electron chi connectivity index (χ3n) is 9.20. The molecule has 6 rings (SSSR count). The third kappa shape index (κ3) is 4.57. The van der Waals surface area contributed by atoms with Crippen LogP contribution in [0.2, 0.25) is 0 Å². The van der Waals surface area contributed by atoms with E-state index in [1.807, 2.05) is 27.7 Å². The van der Waals surface area contributed by atoms with Gasteiger partial charge in [-0.15, -0.1) is 0 Å². The Hall–Kier alpha value is -5.52. The molecule has 0 bridgehead atoms. The summed E-state index contributed by atoms with van der Waals surface area (Å²) in [5, 5.41) is 1.53. The molecule has 0 radical (unpaired) electrons. The second-order valence-corrected chi connectivity index (χ2v) is 12.8. The molecule has 0 unspecified atom stereocenters.